The number of hydrogen-bond donors (Lipinski definition) is 2. The molecule has 0 fully saturated rings. The molecule has 0 saturated heterocycles. The Hall–Kier alpha value is -7.44. The van der Waals surface area contributed by atoms with Crippen LogP contribution < -0.4 is 10.6 Å². The van der Waals surface area contributed by atoms with Crippen LogP contribution in [0.25, 0.3) is 22.9 Å². The monoisotopic (exact) mass is 640 g/mol. The Kier molecular flexibility index (Phi) is 8.35. The van der Waals surface area contributed by atoms with Crippen LogP contribution in [0, 0.1) is 40.5 Å². The molecule has 234 valence electrons. The van der Waals surface area contributed by atoms with Gasteiger partial charge in [0.25, 0.3) is 34.6 Å². The lowest BCUT2D eigenvalue weighted by Crippen LogP contribution is -2.12. The summed E-state index contributed by atoms with van der Waals surface area (Å²) >= 11 is 0. The largest absolute Gasteiger partial charge is 0.416 e. The zero-order valence-corrected chi connectivity index (χ0v) is 23.3. The van der Waals surface area contributed by atoms with Crippen LogP contribution in [0.1, 0.15) is 20.7 Å². The van der Waals surface area contributed by atoms with Crippen LogP contribution in [-0.2, 0) is 0 Å². The minimum Gasteiger partial charge on any atom is -0.416 e. The zero-order valence-electron chi connectivity index (χ0n) is 23.3. The summed E-state index contributed by atoms with van der Waals surface area (Å²) in [5.41, 5.74) is -1.55. The van der Waals surface area contributed by atoms with Gasteiger partial charge in [0.05, 0.1) is 43.0 Å². The van der Waals surface area contributed by atoms with Gasteiger partial charge in [-0.25, -0.2) is 0 Å². The van der Waals surface area contributed by atoms with Gasteiger partial charge in [-0.05, 0) is 48.5 Å². The van der Waals surface area contributed by atoms with E-state index in [0.29, 0.717) is 11.1 Å². The number of aromatic nitrogens is 2. The second-order valence-electron chi connectivity index (χ2n) is 9.48. The normalized spacial score (nSPS) is 10.6. The molecule has 0 radical (unpaired) electrons. The lowest BCUT2D eigenvalue weighted by Gasteiger charge is -2.06. The van der Waals surface area contributed by atoms with Crippen molar-refractivity contribution < 1.29 is 33.7 Å². The lowest BCUT2D eigenvalue weighted by atomic mass is 10.1. The third kappa shape index (κ3) is 7.04. The smallest absolute Gasteiger partial charge is 0.277 e. The van der Waals surface area contributed by atoms with Gasteiger partial charge in [-0.15, -0.1) is 10.2 Å². The molecule has 0 spiro atoms. The zero-order chi connectivity index (χ0) is 33.8. The Bertz CT molecular complexity index is 1880. The van der Waals surface area contributed by atoms with E-state index >= 15 is 0 Å². The van der Waals surface area contributed by atoms with Crippen molar-refractivity contribution in [2.24, 2.45) is 0 Å². The number of carbonyl (C=O) groups excluding carboxylic acids is 2. The topological polar surface area (TPSA) is 270 Å². The van der Waals surface area contributed by atoms with Gasteiger partial charge >= 0.3 is 0 Å². The third-order valence-electron chi connectivity index (χ3n) is 6.38. The van der Waals surface area contributed by atoms with Crippen molar-refractivity contribution in [2.75, 3.05) is 10.6 Å². The van der Waals surface area contributed by atoms with E-state index in [1.807, 2.05) is 0 Å². The van der Waals surface area contributed by atoms with E-state index in [0.717, 1.165) is 36.4 Å². The van der Waals surface area contributed by atoms with Crippen LogP contribution in [0.4, 0.5) is 34.1 Å². The number of non-ortho nitro benzene ring substituents is 4. The van der Waals surface area contributed by atoms with Crippen molar-refractivity contribution in [3.8, 4) is 22.9 Å². The Morgan fingerprint density at radius 3 is 1.09 bits per heavy atom. The minimum absolute atomic E-state index is 0.108. The quantitative estimate of drug-likeness (QED) is 0.140. The van der Waals surface area contributed by atoms with Crippen LogP contribution in [-0.4, -0.2) is 41.7 Å². The number of rotatable bonds is 10. The number of hydrogen-bond acceptors (Lipinski definition) is 13. The van der Waals surface area contributed by atoms with E-state index < -0.39 is 54.3 Å². The first-order valence-electron chi connectivity index (χ1n) is 12.9. The molecule has 0 aliphatic heterocycles. The van der Waals surface area contributed by atoms with Gasteiger partial charge in [0, 0.05) is 46.8 Å². The predicted octanol–water partition coefficient (Wildman–Crippen LogP) is 5.54. The van der Waals surface area contributed by atoms with Crippen molar-refractivity contribution in [2.45, 2.75) is 0 Å². The fourth-order valence-electron chi connectivity index (χ4n) is 4.13. The molecule has 1 heterocycles. The Morgan fingerprint density at radius 2 is 0.809 bits per heavy atom. The van der Waals surface area contributed by atoms with Gasteiger partial charge in [-0.2, -0.15) is 0 Å². The van der Waals surface area contributed by atoms with Crippen molar-refractivity contribution in [1.29, 1.82) is 0 Å². The molecule has 2 N–H and O–H groups in total. The van der Waals surface area contributed by atoms with Gasteiger partial charge in [0.2, 0.25) is 11.8 Å². The summed E-state index contributed by atoms with van der Waals surface area (Å²) in [6.07, 6.45) is 0. The number of carbonyl (C=O) groups is 2. The van der Waals surface area contributed by atoms with Crippen LogP contribution in [0.3, 0.4) is 0 Å². The standard InChI is InChI=1S/C28H16N8O11/c37-25(17-9-21(33(39)40)13-22(10-17)34(41)42)29-19-5-1-15(2-6-19)27-31-32-28(47-27)16-3-7-20(8-4-16)30-26(38)18-11-23(35(43)44)14-24(12-18)36(45)46/h1-14H,(H,29,37)(H,30,38). The first kappa shape index (κ1) is 31.0. The van der Waals surface area contributed by atoms with Gasteiger partial charge in [-0.1, -0.05) is 0 Å². The maximum absolute atomic E-state index is 12.6. The van der Waals surface area contributed by atoms with Crippen molar-refractivity contribution >= 4 is 45.9 Å². The van der Waals surface area contributed by atoms with Crippen molar-refractivity contribution in [3.05, 3.63) is 137 Å². The maximum Gasteiger partial charge on any atom is 0.277 e. The molecule has 4 aromatic carbocycles. The van der Waals surface area contributed by atoms with E-state index in [1.165, 1.54) is 24.3 Å². The molecule has 19 heteroatoms. The molecule has 0 aliphatic rings. The molecule has 1 aromatic heterocycles. The number of benzene rings is 4. The Balaban J connectivity index is 1.25. The molecule has 0 bridgehead atoms. The van der Waals surface area contributed by atoms with Gasteiger partial charge < -0.3 is 15.1 Å². The third-order valence-corrected chi connectivity index (χ3v) is 6.38. The summed E-state index contributed by atoms with van der Waals surface area (Å²) in [5, 5.41) is 57.4. The van der Waals surface area contributed by atoms with Gasteiger partial charge in [0.1, 0.15) is 0 Å². The highest BCUT2D eigenvalue weighted by Crippen LogP contribution is 2.28. The van der Waals surface area contributed by atoms with Crippen LogP contribution in [0.15, 0.2) is 89.3 Å². The Labute approximate surface area is 260 Å². The van der Waals surface area contributed by atoms with Crippen LogP contribution >= 0.6 is 0 Å². The molecule has 2 amide bonds. The summed E-state index contributed by atoms with van der Waals surface area (Å²) in [7, 11) is 0. The van der Waals surface area contributed by atoms with Gasteiger partial charge in [-0.3, -0.25) is 50.0 Å². The molecule has 0 unspecified atom stereocenters. The first-order chi connectivity index (χ1) is 22.4. The molecule has 47 heavy (non-hydrogen) atoms. The second kappa shape index (κ2) is 12.7. The molecule has 0 atom stereocenters. The average molecular weight is 640 g/mol. The average Bonchev–Trinajstić information content (AvgIpc) is 3.55. The molecule has 5 aromatic rings. The Morgan fingerprint density at radius 1 is 0.511 bits per heavy atom. The fourth-order valence-corrected chi connectivity index (χ4v) is 4.13. The number of nitrogens with zero attached hydrogens (tertiary/aromatic N) is 6. The summed E-state index contributed by atoms with van der Waals surface area (Å²) in [6.45, 7) is 0. The SMILES string of the molecule is O=C(Nc1ccc(-c2nnc(-c3ccc(NC(=O)c4cc([N+](=O)[O-])cc([N+](=O)[O-])c4)cc3)o2)cc1)c1cc([N+](=O)[O-])cc([N+](=O)[O-])c1. The molecule has 5 rings (SSSR count). The highest BCUT2D eigenvalue weighted by atomic mass is 16.6. The maximum atomic E-state index is 12.6. The predicted molar refractivity (Wildman–Crippen MR) is 161 cm³/mol. The summed E-state index contributed by atoms with van der Waals surface area (Å²) in [5.74, 6) is -1.40. The number of nitro groups is 4. The first-order valence-corrected chi connectivity index (χ1v) is 12.9. The molecule has 0 saturated carbocycles. The van der Waals surface area contributed by atoms with Crippen LogP contribution in [0.5, 0.6) is 0 Å². The number of amides is 2. The van der Waals surface area contributed by atoms with E-state index in [2.05, 4.69) is 20.8 Å². The van der Waals surface area contributed by atoms with Crippen LogP contribution in [0.2, 0.25) is 0 Å². The van der Waals surface area contributed by atoms with Gasteiger partial charge in [0.15, 0.2) is 0 Å². The molecular formula is C28H16N8O11. The van der Waals surface area contributed by atoms with E-state index in [4.69, 9.17) is 4.42 Å². The minimum atomic E-state index is -0.843. The second-order valence-corrected chi connectivity index (χ2v) is 9.48. The fraction of sp³-hybridized carbons (Fsp3) is 0. The van der Waals surface area contributed by atoms with E-state index in [9.17, 15) is 50.0 Å². The number of nitro benzene ring substituents is 4. The van der Waals surface area contributed by atoms with Crippen molar-refractivity contribution in [3.63, 3.8) is 0 Å². The lowest BCUT2D eigenvalue weighted by molar-refractivity contribution is -0.394. The summed E-state index contributed by atoms with van der Waals surface area (Å²) < 4.78 is 5.73. The van der Waals surface area contributed by atoms with E-state index in [1.54, 1.807) is 24.3 Å². The van der Waals surface area contributed by atoms with Crippen molar-refractivity contribution in [1.82, 2.24) is 10.2 Å². The highest BCUT2D eigenvalue weighted by molar-refractivity contribution is 6.06. The molecule has 19 nitrogen and oxygen atoms in total. The number of anilines is 2. The summed E-state index contributed by atoms with van der Waals surface area (Å²) in [4.78, 5) is 66.3. The molecular weight excluding hydrogens is 624 g/mol. The van der Waals surface area contributed by atoms with E-state index in [-0.39, 0.29) is 34.3 Å². The molecule has 0 aliphatic carbocycles. The highest BCUT2D eigenvalue weighted by Gasteiger charge is 2.22. The summed E-state index contributed by atoms with van der Waals surface area (Å²) in [6, 6.07) is 17.3. The number of nitrogens with one attached hydrogen (secondary N) is 2.